The van der Waals surface area contributed by atoms with Gasteiger partial charge in [-0.25, -0.2) is 0 Å². The summed E-state index contributed by atoms with van der Waals surface area (Å²) in [7, 11) is 0.987. The van der Waals surface area contributed by atoms with E-state index in [0.717, 1.165) is 5.56 Å². The van der Waals surface area contributed by atoms with Gasteiger partial charge in [-0.3, -0.25) is 4.21 Å². The Labute approximate surface area is 154 Å². The molecule has 0 radical (unpaired) electrons. The number of ether oxygens (including phenoxy) is 2. The topological polar surface area (TPSA) is 67.8 Å². The molecule has 126 valence electrons. The summed E-state index contributed by atoms with van der Waals surface area (Å²) in [5.41, 5.74) is 0.827. The molecule has 23 heavy (non-hydrogen) atoms. The zero-order valence-corrected chi connectivity index (χ0v) is 17.1. The van der Waals surface area contributed by atoms with Crippen molar-refractivity contribution in [2.75, 3.05) is 14.2 Å². The Morgan fingerprint density at radius 3 is 1.87 bits per heavy atom. The van der Waals surface area contributed by atoms with Crippen LogP contribution >= 0.6 is 0 Å². The Morgan fingerprint density at radius 2 is 1.57 bits per heavy atom. The third kappa shape index (κ3) is 5.63. The summed E-state index contributed by atoms with van der Waals surface area (Å²) in [6, 6.07) is 3.36. The molecule has 8 heteroatoms. The van der Waals surface area contributed by atoms with Crippen LogP contribution in [0.3, 0.4) is 0 Å². The molecule has 0 saturated carbocycles. The summed E-state index contributed by atoms with van der Waals surface area (Å²) in [5.74, 6) is 0.531. The van der Waals surface area contributed by atoms with Crippen LogP contribution in [-0.4, -0.2) is 31.3 Å². The fraction of sp³-hybridized carbons (Fsp3) is 0.600. The first-order valence-electron chi connectivity index (χ1n) is 7.01. The molecular weight excluding hydrogens is 327 g/mol. The Bertz CT molecular complexity index is 532. The van der Waals surface area contributed by atoms with Gasteiger partial charge in [0, 0.05) is 0 Å². The molecule has 0 amide bonds. The summed E-state index contributed by atoms with van der Waals surface area (Å²) >= 11 is -2.43. The van der Waals surface area contributed by atoms with Gasteiger partial charge in [-0.2, -0.15) is 0 Å². The van der Waals surface area contributed by atoms with E-state index >= 15 is 0 Å². The largest absolute Gasteiger partial charge is 1.00 e. The van der Waals surface area contributed by atoms with Gasteiger partial charge >= 0.3 is 18.9 Å². The SMILES string of the molecule is COc1cc(CO[Si](C)(C)C(C)(C)C)cc(OC)c1S(=O)[O-].[Li+]. The molecule has 0 aliphatic rings. The van der Waals surface area contributed by atoms with E-state index in [1.54, 1.807) is 12.1 Å². The van der Waals surface area contributed by atoms with Crippen molar-refractivity contribution in [3.8, 4) is 11.5 Å². The molecule has 0 aliphatic heterocycles. The molecular formula is C15H25LiO5SSi. The van der Waals surface area contributed by atoms with Crippen LogP contribution < -0.4 is 28.3 Å². The van der Waals surface area contributed by atoms with Crippen molar-refractivity contribution in [2.45, 2.75) is 50.4 Å². The van der Waals surface area contributed by atoms with Gasteiger partial charge in [0.25, 0.3) is 0 Å². The van der Waals surface area contributed by atoms with Crippen molar-refractivity contribution in [3.63, 3.8) is 0 Å². The van der Waals surface area contributed by atoms with E-state index in [9.17, 15) is 8.76 Å². The maximum atomic E-state index is 11.3. The molecule has 0 bridgehead atoms. The van der Waals surface area contributed by atoms with Gasteiger partial charge < -0.3 is 18.5 Å². The Balaban J connectivity index is 0.00000484. The number of rotatable bonds is 6. The van der Waals surface area contributed by atoms with E-state index in [0.29, 0.717) is 6.61 Å². The first-order valence-corrected chi connectivity index (χ1v) is 11.0. The first-order chi connectivity index (χ1) is 10.0. The van der Waals surface area contributed by atoms with Crippen LogP contribution in [0.1, 0.15) is 26.3 Å². The van der Waals surface area contributed by atoms with Gasteiger partial charge in [-0.05, 0) is 46.9 Å². The van der Waals surface area contributed by atoms with Crippen molar-refractivity contribution in [3.05, 3.63) is 17.7 Å². The Kier molecular flexibility index (Phi) is 8.59. The first kappa shape index (κ1) is 22.7. The molecule has 0 fully saturated rings. The molecule has 0 spiro atoms. The van der Waals surface area contributed by atoms with E-state index in [1.807, 2.05) is 0 Å². The van der Waals surface area contributed by atoms with Crippen molar-refractivity contribution >= 4 is 19.4 Å². The molecule has 0 aromatic heterocycles. The van der Waals surface area contributed by atoms with Crippen molar-refractivity contribution < 1.29 is 41.5 Å². The molecule has 0 saturated heterocycles. The number of hydrogen-bond acceptors (Lipinski definition) is 5. The minimum absolute atomic E-state index is 0. The molecule has 1 aromatic rings. The van der Waals surface area contributed by atoms with Crippen molar-refractivity contribution in [2.24, 2.45) is 0 Å². The van der Waals surface area contributed by atoms with Crippen LogP contribution in [0.5, 0.6) is 11.5 Å². The molecule has 1 unspecified atom stereocenters. The Hall–Kier alpha value is -0.296. The average molecular weight is 352 g/mol. The van der Waals surface area contributed by atoms with E-state index < -0.39 is 19.4 Å². The molecule has 1 rings (SSSR count). The zero-order chi connectivity index (χ0) is 17.1. The van der Waals surface area contributed by atoms with Crippen LogP contribution in [-0.2, 0) is 22.1 Å². The zero-order valence-electron chi connectivity index (χ0n) is 15.3. The standard InChI is InChI=1S/C15H26O5SSi.Li/c1-15(2,3)22(6,7)20-10-11-8-12(18-4)14(21(16)17)13(9-11)19-5;/h8-9H,10H2,1-7H3,(H,16,17);/q;+1/p-1. The van der Waals surface area contributed by atoms with E-state index in [-0.39, 0.29) is 40.3 Å². The second kappa shape index (κ2) is 8.70. The normalized spacial score (nSPS) is 13.2. The van der Waals surface area contributed by atoms with Crippen LogP contribution in [0.15, 0.2) is 17.0 Å². The maximum Gasteiger partial charge on any atom is 1.00 e. The minimum atomic E-state index is -2.43. The van der Waals surface area contributed by atoms with Crippen LogP contribution in [0.25, 0.3) is 0 Å². The quantitative estimate of drug-likeness (QED) is 0.550. The number of methoxy groups -OCH3 is 2. The smallest absolute Gasteiger partial charge is 0.768 e. The van der Waals surface area contributed by atoms with E-state index in [4.69, 9.17) is 13.9 Å². The molecule has 1 aromatic carbocycles. The second-order valence-corrected chi connectivity index (χ2v) is 12.3. The van der Waals surface area contributed by atoms with Gasteiger partial charge in [0.2, 0.25) is 0 Å². The van der Waals surface area contributed by atoms with Crippen molar-refractivity contribution in [1.82, 2.24) is 0 Å². The van der Waals surface area contributed by atoms with Gasteiger partial charge in [0.05, 0.1) is 20.8 Å². The van der Waals surface area contributed by atoms with Crippen LogP contribution in [0, 0.1) is 0 Å². The minimum Gasteiger partial charge on any atom is -0.768 e. The Morgan fingerprint density at radius 1 is 1.13 bits per heavy atom. The summed E-state index contributed by atoms with van der Waals surface area (Å²) in [4.78, 5) is 0.0288. The third-order valence-electron chi connectivity index (χ3n) is 4.09. The molecule has 0 heterocycles. The summed E-state index contributed by atoms with van der Waals surface area (Å²) in [6.45, 7) is 11.2. The maximum absolute atomic E-state index is 11.3. The third-order valence-corrected chi connectivity index (χ3v) is 9.31. The summed E-state index contributed by atoms with van der Waals surface area (Å²) in [5, 5.41) is 0.109. The molecule has 5 nitrogen and oxygen atoms in total. The fourth-order valence-corrected chi connectivity index (χ4v) is 3.24. The summed E-state index contributed by atoms with van der Waals surface area (Å²) in [6.07, 6.45) is 0. The molecule has 1 atom stereocenters. The summed E-state index contributed by atoms with van der Waals surface area (Å²) < 4.78 is 39.2. The fourth-order valence-electron chi connectivity index (χ4n) is 1.66. The number of benzene rings is 1. The predicted octanol–water partition coefficient (Wildman–Crippen LogP) is 0.468. The van der Waals surface area contributed by atoms with E-state index in [1.165, 1.54) is 14.2 Å². The van der Waals surface area contributed by atoms with Gasteiger partial charge in [0.1, 0.15) is 16.4 Å². The van der Waals surface area contributed by atoms with Crippen LogP contribution in [0.2, 0.25) is 18.1 Å². The van der Waals surface area contributed by atoms with Gasteiger partial charge in [0.15, 0.2) is 8.32 Å². The molecule has 0 aliphatic carbocycles. The number of hydrogen-bond donors (Lipinski definition) is 0. The van der Waals surface area contributed by atoms with Gasteiger partial charge in [-0.1, -0.05) is 20.8 Å². The van der Waals surface area contributed by atoms with Crippen molar-refractivity contribution in [1.29, 1.82) is 0 Å². The monoisotopic (exact) mass is 352 g/mol. The average Bonchev–Trinajstić information content (AvgIpc) is 2.42. The second-order valence-electron chi connectivity index (χ2n) is 6.61. The predicted molar refractivity (Wildman–Crippen MR) is 88.7 cm³/mol. The molecule has 0 N–H and O–H groups in total. The van der Waals surface area contributed by atoms with Gasteiger partial charge in [-0.15, -0.1) is 0 Å². The van der Waals surface area contributed by atoms with E-state index in [2.05, 4.69) is 33.9 Å². The van der Waals surface area contributed by atoms with Crippen LogP contribution in [0.4, 0.5) is 0 Å².